The largest absolute Gasteiger partial charge is 0.378 e. The van der Waals surface area contributed by atoms with E-state index in [0.29, 0.717) is 6.04 Å². The number of amides is 1. The molecule has 130 valence electrons. The molecule has 3 rings (SSSR count). The number of benzene rings is 1. The Kier molecular flexibility index (Phi) is 5.56. The van der Waals surface area contributed by atoms with E-state index in [-0.39, 0.29) is 5.91 Å². The standard InChI is InChI=1S/C20H29N3O/c1-21(2)18-8-5-17(6-9-18)7-10-20(24)23-15-11-19(12-16-23)22-13-3-4-14-22/h5-10,19H,3-4,11-16H2,1-2H3. The highest BCUT2D eigenvalue weighted by Crippen LogP contribution is 2.21. The number of carbonyl (C=O) groups excluding carboxylic acids is 1. The van der Waals surface area contributed by atoms with E-state index in [0.717, 1.165) is 31.5 Å². The Morgan fingerprint density at radius 2 is 1.67 bits per heavy atom. The van der Waals surface area contributed by atoms with E-state index in [1.54, 1.807) is 6.08 Å². The summed E-state index contributed by atoms with van der Waals surface area (Å²) >= 11 is 0. The van der Waals surface area contributed by atoms with Gasteiger partial charge in [0.2, 0.25) is 5.91 Å². The molecule has 4 nitrogen and oxygen atoms in total. The molecule has 0 radical (unpaired) electrons. The fraction of sp³-hybridized carbons (Fsp3) is 0.550. The molecule has 0 N–H and O–H groups in total. The zero-order valence-corrected chi connectivity index (χ0v) is 14.9. The summed E-state index contributed by atoms with van der Waals surface area (Å²) in [5.41, 5.74) is 2.24. The van der Waals surface area contributed by atoms with Crippen molar-refractivity contribution in [1.82, 2.24) is 9.80 Å². The normalized spacial score (nSPS) is 20.0. The molecule has 1 aromatic carbocycles. The number of rotatable bonds is 4. The number of piperidine rings is 1. The van der Waals surface area contributed by atoms with E-state index in [4.69, 9.17) is 0 Å². The number of likely N-dealkylation sites (tertiary alicyclic amines) is 2. The lowest BCUT2D eigenvalue weighted by molar-refractivity contribution is -0.127. The van der Waals surface area contributed by atoms with Crippen LogP contribution in [0.5, 0.6) is 0 Å². The Hall–Kier alpha value is -1.81. The van der Waals surface area contributed by atoms with E-state index in [2.05, 4.69) is 34.1 Å². The zero-order chi connectivity index (χ0) is 16.9. The minimum absolute atomic E-state index is 0.145. The van der Waals surface area contributed by atoms with Crippen LogP contribution in [0.4, 0.5) is 5.69 Å². The zero-order valence-electron chi connectivity index (χ0n) is 14.9. The predicted molar refractivity (Wildman–Crippen MR) is 100 cm³/mol. The lowest BCUT2D eigenvalue weighted by Crippen LogP contribution is -2.45. The van der Waals surface area contributed by atoms with Gasteiger partial charge in [0.1, 0.15) is 0 Å². The van der Waals surface area contributed by atoms with Crippen molar-refractivity contribution in [2.75, 3.05) is 45.2 Å². The average molecular weight is 327 g/mol. The molecule has 1 aromatic rings. The minimum Gasteiger partial charge on any atom is -0.378 e. The summed E-state index contributed by atoms with van der Waals surface area (Å²) < 4.78 is 0. The molecule has 0 unspecified atom stereocenters. The number of carbonyl (C=O) groups is 1. The third-order valence-corrected chi connectivity index (χ3v) is 5.26. The molecule has 0 spiro atoms. The first-order chi connectivity index (χ1) is 11.6. The molecule has 4 heteroatoms. The van der Waals surface area contributed by atoms with Crippen LogP contribution < -0.4 is 4.90 Å². The predicted octanol–water partition coefficient (Wildman–Crippen LogP) is 2.85. The maximum Gasteiger partial charge on any atom is 0.246 e. The van der Waals surface area contributed by atoms with Gasteiger partial charge in [-0.2, -0.15) is 0 Å². The van der Waals surface area contributed by atoms with Crippen LogP contribution in [0.1, 0.15) is 31.2 Å². The number of anilines is 1. The van der Waals surface area contributed by atoms with Gasteiger partial charge in [0.25, 0.3) is 0 Å². The summed E-state index contributed by atoms with van der Waals surface area (Å²) in [5, 5.41) is 0. The third-order valence-electron chi connectivity index (χ3n) is 5.26. The number of hydrogen-bond acceptors (Lipinski definition) is 3. The highest BCUT2D eigenvalue weighted by atomic mass is 16.2. The smallest absolute Gasteiger partial charge is 0.246 e. The Balaban J connectivity index is 1.50. The van der Waals surface area contributed by atoms with E-state index in [9.17, 15) is 4.79 Å². The third kappa shape index (κ3) is 4.18. The molecule has 0 bridgehead atoms. The highest BCUT2D eigenvalue weighted by Gasteiger charge is 2.27. The maximum absolute atomic E-state index is 12.4. The van der Waals surface area contributed by atoms with Gasteiger partial charge in [-0.25, -0.2) is 0 Å². The molecule has 0 saturated carbocycles. The first-order valence-corrected chi connectivity index (χ1v) is 9.12. The summed E-state index contributed by atoms with van der Waals surface area (Å²) in [5.74, 6) is 0.145. The van der Waals surface area contributed by atoms with Gasteiger partial charge in [-0.3, -0.25) is 4.79 Å². The van der Waals surface area contributed by atoms with Crippen molar-refractivity contribution in [2.45, 2.75) is 31.7 Å². The van der Waals surface area contributed by atoms with Gasteiger partial charge < -0.3 is 14.7 Å². The number of hydrogen-bond donors (Lipinski definition) is 0. The van der Waals surface area contributed by atoms with Crippen molar-refractivity contribution in [1.29, 1.82) is 0 Å². The number of nitrogens with zero attached hydrogens (tertiary/aromatic N) is 3. The van der Waals surface area contributed by atoms with Crippen molar-refractivity contribution in [2.24, 2.45) is 0 Å². The molecule has 0 atom stereocenters. The maximum atomic E-state index is 12.4. The van der Waals surface area contributed by atoms with Crippen molar-refractivity contribution >= 4 is 17.7 Å². The van der Waals surface area contributed by atoms with Crippen LogP contribution in [0.15, 0.2) is 30.3 Å². The van der Waals surface area contributed by atoms with Gasteiger partial charge in [-0.05, 0) is 62.5 Å². The Morgan fingerprint density at radius 3 is 2.25 bits per heavy atom. The molecule has 2 heterocycles. The van der Waals surface area contributed by atoms with Crippen LogP contribution in [0, 0.1) is 0 Å². The highest BCUT2D eigenvalue weighted by molar-refractivity contribution is 5.91. The monoisotopic (exact) mass is 327 g/mol. The van der Waals surface area contributed by atoms with E-state index in [1.165, 1.54) is 31.6 Å². The first-order valence-electron chi connectivity index (χ1n) is 9.12. The first kappa shape index (κ1) is 17.0. The van der Waals surface area contributed by atoms with E-state index < -0.39 is 0 Å². The van der Waals surface area contributed by atoms with Crippen molar-refractivity contribution in [3.63, 3.8) is 0 Å². The fourth-order valence-electron chi connectivity index (χ4n) is 3.71. The molecule has 24 heavy (non-hydrogen) atoms. The molecule has 1 amide bonds. The van der Waals surface area contributed by atoms with Crippen LogP contribution >= 0.6 is 0 Å². The summed E-state index contributed by atoms with van der Waals surface area (Å²) in [6.07, 6.45) is 8.58. The summed E-state index contributed by atoms with van der Waals surface area (Å²) in [7, 11) is 4.06. The molecular formula is C20H29N3O. The SMILES string of the molecule is CN(C)c1ccc(C=CC(=O)N2CCC(N3CCCC3)CC2)cc1. The van der Waals surface area contributed by atoms with Gasteiger partial charge >= 0.3 is 0 Å². The van der Waals surface area contributed by atoms with E-state index >= 15 is 0 Å². The molecule has 2 fully saturated rings. The van der Waals surface area contributed by atoms with Gasteiger partial charge in [-0.15, -0.1) is 0 Å². The summed E-state index contributed by atoms with van der Waals surface area (Å²) in [6.45, 7) is 4.29. The molecule has 2 aliphatic rings. The Labute approximate surface area is 145 Å². The molecule has 2 saturated heterocycles. The minimum atomic E-state index is 0.145. The molecule has 0 aliphatic carbocycles. The molecular weight excluding hydrogens is 298 g/mol. The van der Waals surface area contributed by atoms with Crippen molar-refractivity contribution in [3.05, 3.63) is 35.9 Å². The van der Waals surface area contributed by atoms with Gasteiger partial charge in [0.15, 0.2) is 0 Å². The second kappa shape index (κ2) is 7.84. The Morgan fingerprint density at radius 1 is 1.04 bits per heavy atom. The fourth-order valence-corrected chi connectivity index (χ4v) is 3.71. The van der Waals surface area contributed by atoms with Crippen LogP contribution in [0.3, 0.4) is 0 Å². The lowest BCUT2D eigenvalue weighted by atomic mass is 10.0. The molecule has 2 aliphatic heterocycles. The quantitative estimate of drug-likeness (QED) is 0.796. The second-order valence-electron chi connectivity index (χ2n) is 7.12. The average Bonchev–Trinajstić information content (AvgIpc) is 3.15. The van der Waals surface area contributed by atoms with Gasteiger partial charge in [0, 0.05) is 45.0 Å². The van der Waals surface area contributed by atoms with Gasteiger partial charge in [-0.1, -0.05) is 12.1 Å². The van der Waals surface area contributed by atoms with Gasteiger partial charge in [0.05, 0.1) is 0 Å². The van der Waals surface area contributed by atoms with Crippen molar-refractivity contribution in [3.8, 4) is 0 Å². The summed E-state index contributed by atoms with van der Waals surface area (Å²) in [6, 6.07) is 8.95. The second-order valence-corrected chi connectivity index (χ2v) is 7.12. The van der Waals surface area contributed by atoms with Crippen LogP contribution in [-0.2, 0) is 4.79 Å². The lowest BCUT2D eigenvalue weighted by Gasteiger charge is -2.36. The van der Waals surface area contributed by atoms with Crippen LogP contribution in [0.25, 0.3) is 6.08 Å². The van der Waals surface area contributed by atoms with Crippen molar-refractivity contribution < 1.29 is 4.79 Å². The molecule has 0 aromatic heterocycles. The van der Waals surface area contributed by atoms with E-state index in [1.807, 2.05) is 25.1 Å². The van der Waals surface area contributed by atoms with Crippen LogP contribution in [-0.4, -0.2) is 62.0 Å². The topological polar surface area (TPSA) is 26.8 Å². The van der Waals surface area contributed by atoms with Crippen LogP contribution in [0.2, 0.25) is 0 Å². The summed E-state index contributed by atoms with van der Waals surface area (Å²) in [4.78, 5) is 19.1. The Bertz CT molecular complexity index is 565.